The van der Waals surface area contributed by atoms with E-state index in [2.05, 4.69) is 32.9 Å². The molecule has 1 unspecified atom stereocenters. The summed E-state index contributed by atoms with van der Waals surface area (Å²) in [5, 5.41) is 0.0971. The van der Waals surface area contributed by atoms with Gasteiger partial charge in [-0.25, -0.2) is 4.39 Å². The van der Waals surface area contributed by atoms with Gasteiger partial charge in [-0.05, 0) is 28.2 Å². The van der Waals surface area contributed by atoms with Gasteiger partial charge in [-0.15, -0.1) is 0 Å². The Balaban J connectivity index is 2.34. The minimum atomic E-state index is -0.439. The molecule has 1 atom stereocenters. The Morgan fingerprint density at radius 2 is 1.65 bits per heavy atom. The second kappa shape index (κ2) is 5.55. The predicted molar refractivity (Wildman–Crippen MR) is 82.6 cm³/mol. The van der Waals surface area contributed by atoms with E-state index in [1.165, 1.54) is 11.6 Å². The number of nitrogens with two attached hydrogens (primary N) is 1. The number of hydrogen-bond donors (Lipinski definition) is 1. The van der Waals surface area contributed by atoms with Crippen LogP contribution in [0.1, 0.15) is 43.5 Å². The zero-order valence-electron chi connectivity index (χ0n) is 12.0. The maximum Gasteiger partial charge on any atom is 0.142 e. The second-order valence-corrected chi connectivity index (χ2v) is 6.37. The molecule has 0 fully saturated rings. The molecule has 0 saturated carbocycles. The molecule has 0 aliphatic rings. The van der Waals surface area contributed by atoms with E-state index in [1.807, 2.05) is 12.1 Å². The van der Waals surface area contributed by atoms with Crippen LogP contribution in [0.4, 0.5) is 4.39 Å². The van der Waals surface area contributed by atoms with Crippen LogP contribution in [0.25, 0.3) is 0 Å². The van der Waals surface area contributed by atoms with Crippen LogP contribution in [0, 0.1) is 5.82 Å². The van der Waals surface area contributed by atoms with Gasteiger partial charge < -0.3 is 5.73 Å². The molecule has 0 aromatic heterocycles. The summed E-state index contributed by atoms with van der Waals surface area (Å²) in [6, 6.07) is 12.4. The third kappa shape index (κ3) is 3.02. The third-order valence-corrected chi connectivity index (χ3v) is 3.85. The van der Waals surface area contributed by atoms with Crippen molar-refractivity contribution in [2.75, 3.05) is 0 Å². The van der Waals surface area contributed by atoms with Crippen molar-refractivity contribution in [3.63, 3.8) is 0 Å². The molecule has 2 aromatic rings. The lowest BCUT2D eigenvalue weighted by molar-refractivity contribution is 0.589. The Morgan fingerprint density at radius 1 is 1.05 bits per heavy atom. The van der Waals surface area contributed by atoms with Gasteiger partial charge in [0.05, 0.1) is 11.1 Å². The first-order valence-electron chi connectivity index (χ1n) is 6.60. The van der Waals surface area contributed by atoms with Gasteiger partial charge in [0.15, 0.2) is 0 Å². The normalized spacial score (nSPS) is 13.3. The summed E-state index contributed by atoms with van der Waals surface area (Å²) in [6.07, 6.45) is 0. The summed E-state index contributed by atoms with van der Waals surface area (Å²) in [4.78, 5) is 0. The summed E-state index contributed by atoms with van der Waals surface area (Å²) in [6.45, 7) is 6.47. The maximum absolute atomic E-state index is 13.5. The van der Waals surface area contributed by atoms with Crippen molar-refractivity contribution in [1.29, 1.82) is 0 Å². The van der Waals surface area contributed by atoms with E-state index >= 15 is 0 Å². The fraction of sp³-hybridized carbons (Fsp3) is 0.294. The van der Waals surface area contributed by atoms with E-state index in [9.17, 15) is 4.39 Å². The van der Waals surface area contributed by atoms with E-state index in [0.29, 0.717) is 5.56 Å². The minimum absolute atomic E-state index is 0.0964. The molecule has 3 heteroatoms. The van der Waals surface area contributed by atoms with Gasteiger partial charge in [0.2, 0.25) is 0 Å². The molecule has 106 valence electrons. The second-order valence-electron chi connectivity index (χ2n) is 5.99. The predicted octanol–water partition coefficient (Wildman–Crippen LogP) is 4.82. The molecule has 0 aliphatic carbocycles. The summed E-state index contributed by atoms with van der Waals surface area (Å²) < 4.78 is 13.5. The minimum Gasteiger partial charge on any atom is -0.320 e. The Morgan fingerprint density at radius 3 is 2.20 bits per heavy atom. The highest BCUT2D eigenvalue weighted by Gasteiger charge is 2.17. The van der Waals surface area contributed by atoms with Crippen molar-refractivity contribution in [3.05, 3.63) is 70.0 Å². The van der Waals surface area contributed by atoms with E-state index in [-0.39, 0.29) is 10.4 Å². The summed E-state index contributed by atoms with van der Waals surface area (Å²) in [7, 11) is 0. The molecule has 2 aromatic carbocycles. The number of hydrogen-bond acceptors (Lipinski definition) is 1. The van der Waals surface area contributed by atoms with Crippen LogP contribution in [-0.4, -0.2) is 0 Å². The van der Waals surface area contributed by atoms with Crippen molar-refractivity contribution in [2.24, 2.45) is 5.73 Å². The van der Waals surface area contributed by atoms with E-state index < -0.39 is 11.9 Å². The lowest BCUT2D eigenvalue weighted by Crippen LogP contribution is -2.14. The SMILES string of the molecule is CC(C)(C)c1ccc(C(N)c2cccc(F)c2Cl)cc1. The van der Waals surface area contributed by atoms with Gasteiger partial charge in [-0.2, -0.15) is 0 Å². The summed E-state index contributed by atoms with van der Waals surface area (Å²) in [5.74, 6) is -0.439. The molecule has 0 spiro atoms. The molecule has 2 rings (SSSR count). The Labute approximate surface area is 124 Å². The lowest BCUT2D eigenvalue weighted by atomic mass is 9.86. The van der Waals surface area contributed by atoms with E-state index in [4.69, 9.17) is 17.3 Å². The van der Waals surface area contributed by atoms with Gasteiger partial charge in [0.25, 0.3) is 0 Å². The Kier molecular flexibility index (Phi) is 4.17. The number of benzene rings is 2. The Bertz CT molecular complexity index is 599. The molecule has 20 heavy (non-hydrogen) atoms. The lowest BCUT2D eigenvalue weighted by Gasteiger charge is -2.20. The van der Waals surface area contributed by atoms with Crippen LogP contribution in [0.3, 0.4) is 0 Å². The fourth-order valence-electron chi connectivity index (χ4n) is 2.13. The molecule has 2 N–H and O–H groups in total. The van der Waals surface area contributed by atoms with Gasteiger partial charge in [-0.1, -0.05) is 68.8 Å². The molecule has 0 aliphatic heterocycles. The number of halogens is 2. The molecule has 0 heterocycles. The number of rotatable bonds is 2. The van der Waals surface area contributed by atoms with Crippen molar-refractivity contribution >= 4 is 11.6 Å². The van der Waals surface area contributed by atoms with Crippen LogP contribution in [0.5, 0.6) is 0 Å². The zero-order chi connectivity index (χ0) is 14.9. The third-order valence-electron chi connectivity index (χ3n) is 3.45. The molecular formula is C17H19ClFN. The first kappa shape index (κ1) is 15.0. The first-order chi connectivity index (χ1) is 9.30. The highest BCUT2D eigenvalue weighted by Crippen LogP contribution is 2.30. The highest BCUT2D eigenvalue weighted by atomic mass is 35.5. The maximum atomic E-state index is 13.5. The molecule has 0 bridgehead atoms. The first-order valence-corrected chi connectivity index (χ1v) is 6.98. The monoisotopic (exact) mass is 291 g/mol. The largest absolute Gasteiger partial charge is 0.320 e. The molecule has 0 saturated heterocycles. The van der Waals surface area contributed by atoms with Gasteiger partial charge in [0, 0.05) is 0 Å². The Hall–Kier alpha value is -1.38. The van der Waals surface area contributed by atoms with Crippen molar-refractivity contribution in [2.45, 2.75) is 32.2 Å². The standard InChI is InChI=1S/C17H19ClFN/c1-17(2,3)12-9-7-11(8-10-12)16(20)13-5-4-6-14(19)15(13)18/h4-10,16H,20H2,1-3H3. The molecule has 1 nitrogen and oxygen atoms in total. The fourth-order valence-corrected chi connectivity index (χ4v) is 2.37. The summed E-state index contributed by atoms with van der Waals surface area (Å²) in [5.41, 5.74) is 9.05. The molecule has 0 amide bonds. The highest BCUT2D eigenvalue weighted by molar-refractivity contribution is 6.31. The topological polar surface area (TPSA) is 26.0 Å². The van der Waals surface area contributed by atoms with Gasteiger partial charge in [0.1, 0.15) is 5.82 Å². The van der Waals surface area contributed by atoms with E-state index in [0.717, 1.165) is 5.56 Å². The van der Waals surface area contributed by atoms with Crippen molar-refractivity contribution < 1.29 is 4.39 Å². The zero-order valence-corrected chi connectivity index (χ0v) is 12.7. The van der Waals surface area contributed by atoms with Crippen molar-refractivity contribution in [1.82, 2.24) is 0 Å². The average Bonchev–Trinajstić information content (AvgIpc) is 2.40. The van der Waals surface area contributed by atoms with Crippen LogP contribution < -0.4 is 5.73 Å². The van der Waals surface area contributed by atoms with Crippen LogP contribution in [-0.2, 0) is 5.41 Å². The average molecular weight is 292 g/mol. The van der Waals surface area contributed by atoms with E-state index in [1.54, 1.807) is 12.1 Å². The van der Waals surface area contributed by atoms with Crippen LogP contribution in [0.15, 0.2) is 42.5 Å². The smallest absolute Gasteiger partial charge is 0.142 e. The molecule has 0 radical (unpaired) electrons. The van der Waals surface area contributed by atoms with Crippen molar-refractivity contribution in [3.8, 4) is 0 Å². The van der Waals surface area contributed by atoms with Gasteiger partial charge >= 0.3 is 0 Å². The summed E-state index contributed by atoms with van der Waals surface area (Å²) >= 11 is 5.99. The quantitative estimate of drug-likeness (QED) is 0.843. The van der Waals surface area contributed by atoms with Gasteiger partial charge in [-0.3, -0.25) is 0 Å². The van der Waals surface area contributed by atoms with Crippen LogP contribution >= 0.6 is 11.6 Å². The molecular weight excluding hydrogens is 273 g/mol. The van der Waals surface area contributed by atoms with Crippen LogP contribution in [0.2, 0.25) is 5.02 Å².